The number of carbonyl (C=O) groups is 1. The van der Waals surface area contributed by atoms with Gasteiger partial charge < -0.3 is 18.9 Å². The summed E-state index contributed by atoms with van der Waals surface area (Å²) in [6.45, 7) is 7.53. The molecule has 1 fully saturated rings. The van der Waals surface area contributed by atoms with Gasteiger partial charge in [-0.1, -0.05) is 26.8 Å². The van der Waals surface area contributed by atoms with Crippen molar-refractivity contribution in [2.45, 2.75) is 84.3 Å². The number of fused-ring (bicyclic) bond motifs is 1. The number of piperidine rings is 1. The van der Waals surface area contributed by atoms with Crippen LogP contribution in [0.2, 0.25) is 0 Å². The molecular formula is C23H31F4NO5. The minimum Gasteiger partial charge on any atom is -0.444 e. The van der Waals surface area contributed by atoms with Crippen molar-refractivity contribution in [3.63, 3.8) is 0 Å². The van der Waals surface area contributed by atoms with E-state index in [-0.39, 0.29) is 30.6 Å². The lowest BCUT2D eigenvalue weighted by molar-refractivity contribution is -0.286. The Morgan fingerprint density at radius 2 is 1.79 bits per heavy atom. The van der Waals surface area contributed by atoms with Gasteiger partial charge in [0.1, 0.15) is 5.60 Å². The molecule has 10 heteroatoms. The molecular weight excluding hydrogens is 446 g/mol. The van der Waals surface area contributed by atoms with Crippen LogP contribution in [0.3, 0.4) is 0 Å². The summed E-state index contributed by atoms with van der Waals surface area (Å²) in [5.41, 5.74) is -1.82. The molecule has 0 aromatic heterocycles. The number of rotatable bonds is 4. The quantitative estimate of drug-likeness (QED) is 0.487. The van der Waals surface area contributed by atoms with Gasteiger partial charge in [-0.15, -0.1) is 8.78 Å². The SMILES string of the molecule is CC(C)(C)OC(=O)N1CC(c2ccc3c(c2)OC(F)(F)O3)CCC1(COC(F)F)C(C)(C)C. The molecule has 0 aliphatic carbocycles. The van der Waals surface area contributed by atoms with E-state index in [0.717, 1.165) is 0 Å². The lowest BCUT2D eigenvalue weighted by Crippen LogP contribution is -2.65. The fourth-order valence-electron chi connectivity index (χ4n) is 4.44. The smallest absolute Gasteiger partial charge is 0.444 e. The molecule has 3 rings (SSSR count). The molecule has 2 aliphatic heterocycles. The average Bonchev–Trinajstić information content (AvgIpc) is 2.96. The number of alkyl halides is 4. The minimum atomic E-state index is -3.73. The van der Waals surface area contributed by atoms with Gasteiger partial charge in [0.2, 0.25) is 0 Å². The number of amides is 1. The maximum absolute atomic E-state index is 13.4. The van der Waals surface area contributed by atoms with Crippen LogP contribution in [0.1, 0.15) is 65.9 Å². The summed E-state index contributed by atoms with van der Waals surface area (Å²) < 4.78 is 72.3. The molecule has 2 heterocycles. The first kappa shape index (κ1) is 25.4. The number of hydrogen-bond donors (Lipinski definition) is 0. The third-order valence-corrected chi connectivity index (χ3v) is 6.18. The zero-order valence-electron chi connectivity index (χ0n) is 19.7. The average molecular weight is 477 g/mol. The minimum absolute atomic E-state index is 0.0714. The number of ether oxygens (including phenoxy) is 4. The summed E-state index contributed by atoms with van der Waals surface area (Å²) in [4.78, 5) is 14.8. The Labute approximate surface area is 191 Å². The maximum atomic E-state index is 13.4. The second-order valence-electron chi connectivity index (χ2n) is 10.6. The van der Waals surface area contributed by atoms with Gasteiger partial charge in [0.15, 0.2) is 11.5 Å². The first-order valence-corrected chi connectivity index (χ1v) is 10.8. The molecule has 0 N–H and O–H groups in total. The van der Waals surface area contributed by atoms with Crippen molar-refractivity contribution in [2.24, 2.45) is 5.41 Å². The Balaban J connectivity index is 1.95. The number of benzene rings is 1. The van der Waals surface area contributed by atoms with E-state index in [1.165, 1.54) is 17.0 Å². The molecule has 186 valence electrons. The zero-order valence-corrected chi connectivity index (χ0v) is 19.7. The molecule has 0 bridgehead atoms. The molecule has 0 saturated carbocycles. The molecule has 1 aromatic rings. The second kappa shape index (κ2) is 8.52. The van der Waals surface area contributed by atoms with Gasteiger partial charge in [0.25, 0.3) is 0 Å². The normalized spacial score (nSPS) is 24.8. The third-order valence-electron chi connectivity index (χ3n) is 6.18. The van der Waals surface area contributed by atoms with Gasteiger partial charge in [-0.25, -0.2) is 4.79 Å². The van der Waals surface area contributed by atoms with Gasteiger partial charge in [0.05, 0.1) is 12.1 Å². The van der Waals surface area contributed by atoms with Crippen molar-refractivity contribution in [1.82, 2.24) is 4.90 Å². The summed E-state index contributed by atoms with van der Waals surface area (Å²) >= 11 is 0. The summed E-state index contributed by atoms with van der Waals surface area (Å²) in [6.07, 6.45) is -3.52. The highest BCUT2D eigenvalue weighted by Gasteiger charge is 2.53. The maximum Gasteiger partial charge on any atom is 0.586 e. The molecule has 1 amide bonds. The molecule has 2 unspecified atom stereocenters. The summed E-state index contributed by atoms with van der Waals surface area (Å²) in [5.74, 6) is -0.421. The van der Waals surface area contributed by atoms with E-state index in [9.17, 15) is 22.4 Å². The van der Waals surface area contributed by atoms with Crippen molar-refractivity contribution in [1.29, 1.82) is 0 Å². The standard InChI is InChI=1S/C23H31F4NO5/c1-20(2,3)22(13-30-18(24)25)10-9-15(12-28(22)19(29)33-21(4,5)6)14-7-8-16-17(11-14)32-23(26,27)31-16/h7-8,11,15,18H,9-10,12-13H2,1-6H3. The van der Waals surface area contributed by atoms with E-state index >= 15 is 0 Å². The van der Waals surface area contributed by atoms with E-state index in [0.29, 0.717) is 18.4 Å². The van der Waals surface area contributed by atoms with Crippen molar-refractivity contribution < 1.29 is 41.3 Å². The summed E-state index contributed by atoms with van der Waals surface area (Å²) in [7, 11) is 0. The second-order valence-corrected chi connectivity index (χ2v) is 10.6. The van der Waals surface area contributed by atoms with E-state index in [1.54, 1.807) is 26.8 Å². The predicted octanol–water partition coefficient (Wildman–Crippen LogP) is 6.15. The number of hydrogen-bond acceptors (Lipinski definition) is 5. The fourth-order valence-corrected chi connectivity index (χ4v) is 4.44. The van der Waals surface area contributed by atoms with Crippen LogP contribution in [-0.2, 0) is 9.47 Å². The van der Waals surface area contributed by atoms with Crippen LogP contribution in [0, 0.1) is 5.41 Å². The Hall–Kier alpha value is -2.23. The van der Waals surface area contributed by atoms with Crippen LogP contribution >= 0.6 is 0 Å². The van der Waals surface area contributed by atoms with Crippen LogP contribution in [-0.4, -0.2) is 48.2 Å². The molecule has 1 saturated heterocycles. The summed E-state index contributed by atoms with van der Waals surface area (Å²) in [6, 6.07) is 4.50. The van der Waals surface area contributed by atoms with Crippen molar-refractivity contribution in [2.75, 3.05) is 13.2 Å². The topological polar surface area (TPSA) is 57.2 Å². The first-order chi connectivity index (χ1) is 15.0. The van der Waals surface area contributed by atoms with Gasteiger partial charge >= 0.3 is 19.0 Å². The molecule has 0 radical (unpaired) electrons. The predicted molar refractivity (Wildman–Crippen MR) is 112 cm³/mol. The highest BCUT2D eigenvalue weighted by atomic mass is 19.3. The molecule has 0 spiro atoms. The molecule has 33 heavy (non-hydrogen) atoms. The number of nitrogens with zero attached hydrogens (tertiary/aromatic N) is 1. The Morgan fingerprint density at radius 3 is 2.36 bits per heavy atom. The molecule has 6 nitrogen and oxygen atoms in total. The van der Waals surface area contributed by atoms with E-state index in [1.807, 2.05) is 20.8 Å². The molecule has 1 aromatic carbocycles. The van der Waals surface area contributed by atoms with Crippen molar-refractivity contribution in [3.8, 4) is 11.5 Å². The van der Waals surface area contributed by atoms with Gasteiger partial charge in [-0.3, -0.25) is 4.90 Å². The van der Waals surface area contributed by atoms with Gasteiger partial charge in [0, 0.05) is 12.5 Å². The molecule has 2 aliphatic rings. The fraction of sp³-hybridized carbons (Fsp3) is 0.696. The number of halogens is 4. The Kier molecular flexibility index (Phi) is 6.56. The van der Waals surface area contributed by atoms with Crippen LogP contribution in [0.5, 0.6) is 11.5 Å². The summed E-state index contributed by atoms with van der Waals surface area (Å²) in [5, 5.41) is 0. The van der Waals surface area contributed by atoms with Crippen molar-refractivity contribution >= 4 is 6.09 Å². The van der Waals surface area contributed by atoms with E-state index in [2.05, 4.69) is 9.47 Å². The van der Waals surface area contributed by atoms with Crippen LogP contribution < -0.4 is 9.47 Å². The Morgan fingerprint density at radius 1 is 1.15 bits per heavy atom. The van der Waals surface area contributed by atoms with Gasteiger partial charge in [-0.2, -0.15) is 8.78 Å². The third kappa shape index (κ3) is 5.47. The van der Waals surface area contributed by atoms with Crippen molar-refractivity contribution in [3.05, 3.63) is 23.8 Å². The largest absolute Gasteiger partial charge is 0.586 e. The van der Waals surface area contributed by atoms with Crippen LogP contribution in [0.4, 0.5) is 22.4 Å². The highest BCUT2D eigenvalue weighted by Crippen LogP contribution is 2.49. The lowest BCUT2D eigenvalue weighted by Gasteiger charge is -2.55. The molecule has 2 atom stereocenters. The highest BCUT2D eigenvalue weighted by molar-refractivity contribution is 5.70. The lowest BCUT2D eigenvalue weighted by atomic mass is 9.66. The number of carbonyl (C=O) groups excluding carboxylic acids is 1. The number of likely N-dealkylation sites (tertiary alicyclic amines) is 1. The Bertz CT molecular complexity index is 881. The van der Waals surface area contributed by atoms with E-state index in [4.69, 9.17) is 9.47 Å². The van der Waals surface area contributed by atoms with Crippen LogP contribution in [0.25, 0.3) is 0 Å². The van der Waals surface area contributed by atoms with E-state index < -0.39 is 35.6 Å². The first-order valence-electron chi connectivity index (χ1n) is 10.8. The van der Waals surface area contributed by atoms with Gasteiger partial charge in [-0.05, 0) is 56.7 Å². The van der Waals surface area contributed by atoms with Crippen LogP contribution in [0.15, 0.2) is 18.2 Å². The monoisotopic (exact) mass is 477 g/mol. The zero-order chi connectivity index (χ0) is 24.8.